The molecule has 0 spiro atoms. The second-order valence-corrected chi connectivity index (χ2v) is 4.20. The number of rotatable bonds is 4. The van der Waals surface area contributed by atoms with Crippen molar-refractivity contribution in [2.24, 2.45) is 7.05 Å². The van der Waals surface area contributed by atoms with E-state index in [-0.39, 0.29) is 0 Å². The summed E-state index contributed by atoms with van der Waals surface area (Å²) in [5, 5.41) is 3.34. The van der Waals surface area contributed by atoms with Crippen molar-refractivity contribution in [3.8, 4) is 0 Å². The van der Waals surface area contributed by atoms with Crippen LogP contribution in [0.4, 0.5) is 11.4 Å². The fourth-order valence-electron chi connectivity index (χ4n) is 1.71. The predicted molar refractivity (Wildman–Crippen MR) is 71.0 cm³/mol. The molecule has 3 N–H and O–H groups in total. The minimum absolute atomic E-state index is 0.826. The molecule has 0 radical (unpaired) electrons. The number of imidazole rings is 1. The van der Waals surface area contributed by atoms with E-state index in [0.29, 0.717) is 0 Å². The van der Waals surface area contributed by atoms with Gasteiger partial charge in [0.25, 0.3) is 0 Å². The van der Waals surface area contributed by atoms with Crippen LogP contribution in [0.3, 0.4) is 0 Å². The molecule has 90 valence electrons. The summed E-state index contributed by atoms with van der Waals surface area (Å²) >= 11 is 0. The lowest BCUT2D eigenvalue weighted by Gasteiger charge is -2.08. The first kappa shape index (κ1) is 11.5. The molecule has 0 saturated heterocycles. The molecule has 0 atom stereocenters. The number of nitrogens with two attached hydrogens (primary N) is 1. The molecule has 4 heteroatoms. The Morgan fingerprint density at radius 3 is 2.88 bits per heavy atom. The van der Waals surface area contributed by atoms with Gasteiger partial charge in [0.2, 0.25) is 0 Å². The van der Waals surface area contributed by atoms with E-state index >= 15 is 0 Å². The van der Waals surface area contributed by atoms with Gasteiger partial charge in [-0.3, -0.25) is 0 Å². The zero-order chi connectivity index (χ0) is 12.3. The molecular formula is C13H18N4. The van der Waals surface area contributed by atoms with E-state index in [1.165, 1.54) is 0 Å². The number of nitrogens with zero attached hydrogens (tertiary/aromatic N) is 2. The fraction of sp³-hybridized carbons (Fsp3) is 0.308. The van der Waals surface area contributed by atoms with Gasteiger partial charge in [0.1, 0.15) is 5.82 Å². The summed E-state index contributed by atoms with van der Waals surface area (Å²) in [7, 11) is 2.01. The first-order chi connectivity index (χ1) is 8.16. The maximum absolute atomic E-state index is 5.85. The number of aryl methyl sites for hydroxylation is 2. The summed E-state index contributed by atoms with van der Waals surface area (Å²) in [6, 6.07) is 6.04. The third-order valence-corrected chi connectivity index (χ3v) is 2.88. The number of nitrogen functional groups attached to an aromatic ring is 1. The van der Waals surface area contributed by atoms with Crippen LogP contribution in [0.2, 0.25) is 0 Å². The molecule has 1 aromatic carbocycles. The average molecular weight is 230 g/mol. The van der Waals surface area contributed by atoms with Crippen molar-refractivity contribution in [2.75, 3.05) is 17.6 Å². The maximum Gasteiger partial charge on any atom is 0.110 e. The number of nitrogens with one attached hydrogen (secondary N) is 1. The molecule has 0 fully saturated rings. The smallest absolute Gasteiger partial charge is 0.110 e. The monoisotopic (exact) mass is 230 g/mol. The Labute approximate surface area is 101 Å². The van der Waals surface area contributed by atoms with Gasteiger partial charge >= 0.3 is 0 Å². The van der Waals surface area contributed by atoms with Crippen molar-refractivity contribution >= 4 is 11.4 Å². The highest BCUT2D eigenvalue weighted by atomic mass is 15.0. The largest absolute Gasteiger partial charge is 0.398 e. The minimum Gasteiger partial charge on any atom is -0.398 e. The quantitative estimate of drug-likeness (QED) is 0.789. The van der Waals surface area contributed by atoms with E-state index < -0.39 is 0 Å². The Morgan fingerprint density at radius 2 is 2.24 bits per heavy atom. The van der Waals surface area contributed by atoms with Gasteiger partial charge in [0, 0.05) is 43.8 Å². The second kappa shape index (κ2) is 4.91. The number of aromatic nitrogens is 2. The van der Waals surface area contributed by atoms with Crippen molar-refractivity contribution in [1.29, 1.82) is 0 Å². The summed E-state index contributed by atoms with van der Waals surface area (Å²) in [4.78, 5) is 4.28. The third-order valence-electron chi connectivity index (χ3n) is 2.88. The minimum atomic E-state index is 0.826. The highest BCUT2D eigenvalue weighted by Gasteiger charge is 1.99. The van der Waals surface area contributed by atoms with Crippen LogP contribution in [0.25, 0.3) is 0 Å². The third kappa shape index (κ3) is 2.78. The lowest BCUT2D eigenvalue weighted by Crippen LogP contribution is -2.08. The molecule has 1 heterocycles. The number of anilines is 2. The molecule has 2 rings (SSSR count). The Balaban J connectivity index is 1.90. The molecule has 0 saturated carbocycles. The Hall–Kier alpha value is -1.97. The molecule has 0 aliphatic rings. The molecule has 0 unspecified atom stereocenters. The van der Waals surface area contributed by atoms with Crippen molar-refractivity contribution in [1.82, 2.24) is 9.55 Å². The van der Waals surface area contributed by atoms with Crippen molar-refractivity contribution in [3.05, 3.63) is 42.0 Å². The van der Waals surface area contributed by atoms with Crippen molar-refractivity contribution < 1.29 is 0 Å². The molecule has 0 bridgehead atoms. The van der Waals surface area contributed by atoms with Gasteiger partial charge < -0.3 is 15.6 Å². The topological polar surface area (TPSA) is 55.9 Å². The summed E-state index contributed by atoms with van der Waals surface area (Å²) in [5.41, 5.74) is 8.85. The zero-order valence-electron chi connectivity index (χ0n) is 10.3. The van der Waals surface area contributed by atoms with Crippen LogP contribution in [0.5, 0.6) is 0 Å². The van der Waals surface area contributed by atoms with Crippen LogP contribution in [0.1, 0.15) is 11.4 Å². The Kier molecular flexibility index (Phi) is 3.32. The second-order valence-electron chi connectivity index (χ2n) is 4.20. The highest BCUT2D eigenvalue weighted by molar-refractivity contribution is 5.58. The highest BCUT2D eigenvalue weighted by Crippen LogP contribution is 2.16. The first-order valence-electron chi connectivity index (χ1n) is 5.73. The number of hydrogen-bond donors (Lipinski definition) is 2. The normalized spacial score (nSPS) is 10.5. The van der Waals surface area contributed by atoms with Gasteiger partial charge in [-0.1, -0.05) is 6.07 Å². The van der Waals surface area contributed by atoms with Crippen LogP contribution < -0.4 is 11.1 Å². The van der Waals surface area contributed by atoms with Crippen LogP contribution in [-0.2, 0) is 13.5 Å². The summed E-state index contributed by atoms with van der Waals surface area (Å²) in [6.45, 7) is 2.86. The first-order valence-corrected chi connectivity index (χ1v) is 5.73. The molecule has 0 amide bonds. The van der Waals surface area contributed by atoms with E-state index in [2.05, 4.69) is 10.3 Å². The summed E-state index contributed by atoms with van der Waals surface area (Å²) < 4.78 is 2.03. The molecule has 1 aromatic heterocycles. The Bertz CT molecular complexity index is 502. The lowest BCUT2D eigenvalue weighted by molar-refractivity contribution is 0.790. The standard InChI is InChI=1S/C13H18N4/c1-10-3-4-11(9-12(10)14)15-6-5-13-16-7-8-17(13)2/h3-4,7-9,15H,5-6,14H2,1-2H3. The zero-order valence-corrected chi connectivity index (χ0v) is 10.3. The van der Waals surface area contributed by atoms with Gasteiger partial charge in [-0.05, 0) is 24.6 Å². The van der Waals surface area contributed by atoms with Crippen LogP contribution >= 0.6 is 0 Å². The van der Waals surface area contributed by atoms with Gasteiger partial charge in [-0.2, -0.15) is 0 Å². The van der Waals surface area contributed by atoms with Crippen LogP contribution in [0, 0.1) is 6.92 Å². The van der Waals surface area contributed by atoms with E-state index in [9.17, 15) is 0 Å². The van der Waals surface area contributed by atoms with Crippen molar-refractivity contribution in [2.45, 2.75) is 13.3 Å². The number of hydrogen-bond acceptors (Lipinski definition) is 3. The average Bonchev–Trinajstić information content (AvgIpc) is 2.70. The van der Waals surface area contributed by atoms with Gasteiger partial charge in [-0.15, -0.1) is 0 Å². The van der Waals surface area contributed by atoms with E-state index in [1.54, 1.807) is 0 Å². The molecule has 0 aliphatic carbocycles. The maximum atomic E-state index is 5.85. The predicted octanol–water partition coefficient (Wildman–Crippen LogP) is 1.97. The molecule has 2 aromatic rings. The van der Waals surface area contributed by atoms with Gasteiger partial charge in [0.15, 0.2) is 0 Å². The van der Waals surface area contributed by atoms with E-state index in [0.717, 1.165) is 35.7 Å². The van der Waals surface area contributed by atoms with Crippen LogP contribution in [0.15, 0.2) is 30.6 Å². The summed E-state index contributed by atoms with van der Waals surface area (Å²) in [6.07, 6.45) is 4.68. The van der Waals surface area contributed by atoms with Crippen LogP contribution in [-0.4, -0.2) is 16.1 Å². The van der Waals surface area contributed by atoms with E-state index in [4.69, 9.17) is 5.73 Å². The Morgan fingerprint density at radius 1 is 1.41 bits per heavy atom. The molecule has 0 aliphatic heterocycles. The lowest BCUT2D eigenvalue weighted by atomic mass is 10.2. The van der Waals surface area contributed by atoms with E-state index in [1.807, 2.05) is 49.1 Å². The van der Waals surface area contributed by atoms with Gasteiger partial charge in [-0.25, -0.2) is 4.98 Å². The number of benzene rings is 1. The summed E-state index contributed by atoms with van der Waals surface area (Å²) in [5.74, 6) is 1.08. The van der Waals surface area contributed by atoms with Crippen molar-refractivity contribution in [3.63, 3.8) is 0 Å². The SMILES string of the molecule is Cc1ccc(NCCc2nccn2C)cc1N. The molecule has 17 heavy (non-hydrogen) atoms. The fourth-order valence-corrected chi connectivity index (χ4v) is 1.71. The van der Waals surface area contributed by atoms with Gasteiger partial charge in [0.05, 0.1) is 0 Å². The molecule has 4 nitrogen and oxygen atoms in total. The molecular weight excluding hydrogens is 212 g/mol.